The van der Waals surface area contributed by atoms with Crippen LogP contribution in [0.5, 0.6) is 5.75 Å². The molecule has 3 rings (SSSR count). The Morgan fingerprint density at radius 1 is 0.968 bits per heavy atom. The number of hydrogen-bond acceptors (Lipinski definition) is 6. The number of nitrogens with one attached hydrogen (secondary N) is 1. The fourth-order valence-electron chi connectivity index (χ4n) is 2.96. The number of azo groups is 1. The lowest BCUT2D eigenvalue weighted by molar-refractivity contribution is 0.0951. The van der Waals surface area contributed by atoms with Gasteiger partial charge in [0.25, 0.3) is 5.91 Å². The number of carbonyl (C=O) groups excluding carboxylic acids is 1. The molecule has 31 heavy (non-hydrogen) atoms. The van der Waals surface area contributed by atoms with Crippen molar-refractivity contribution in [1.29, 1.82) is 0 Å². The summed E-state index contributed by atoms with van der Waals surface area (Å²) in [5, 5.41) is 20.8. The van der Waals surface area contributed by atoms with Crippen molar-refractivity contribution in [3.63, 3.8) is 0 Å². The molecule has 3 aromatic rings. The van der Waals surface area contributed by atoms with Gasteiger partial charge in [-0.15, -0.1) is 0 Å². The summed E-state index contributed by atoms with van der Waals surface area (Å²) >= 11 is 0. The summed E-state index contributed by atoms with van der Waals surface area (Å²) in [6, 6.07) is 20.2. The molecule has 0 spiro atoms. The number of methoxy groups -OCH3 is 1. The summed E-state index contributed by atoms with van der Waals surface area (Å²) in [6.07, 6.45) is 0. The maximum absolute atomic E-state index is 12.4. The van der Waals surface area contributed by atoms with Crippen LogP contribution in [0.3, 0.4) is 0 Å². The van der Waals surface area contributed by atoms with Crippen LogP contribution >= 0.6 is 0 Å². The molecule has 0 fully saturated rings. The van der Waals surface area contributed by atoms with Crippen LogP contribution in [0.15, 0.2) is 77.0 Å². The highest BCUT2D eigenvalue weighted by Gasteiger charge is 2.07. The predicted octanol–water partition coefficient (Wildman–Crippen LogP) is 4.60. The van der Waals surface area contributed by atoms with Gasteiger partial charge in [0, 0.05) is 37.5 Å². The number of hydrogen-bond donors (Lipinski definition) is 2. The second kappa shape index (κ2) is 10.4. The molecule has 160 valence electrons. The fourth-order valence-corrected chi connectivity index (χ4v) is 2.96. The fraction of sp³-hybridized carbons (Fsp3) is 0.208. The number of rotatable bonds is 8. The molecular weight excluding hydrogens is 392 g/mol. The van der Waals surface area contributed by atoms with E-state index in [9.17, 15) is 9.90 Å². The summed E-state index contributed by atoms with van der Waals surface area (Å²) < 4.78 is 5.19. The lowest BCUT2D eigenvalue weighted by Crippen LogP contribution is -2.22. The average molecular weight is 418 g/mol. The van der Waals surface area contributed by atoms with Crippen molar-refractivity contribution in [1.82, 2.24) is 5.32 Å². The van der Waals surface area contributed by atoms with E-state index in [4.69, 9.17) is 4.74 Å². The van der Waals surface area contributed by atoms with Gasteiger partial charge in [-0.05, 0) is 66.2 Å². The van der Waals surface area contributed by atoms with E-state index in [0.29, 0.717) is 29.1 Å². The molecule has 2 N–H and O–H groups in total. The van der Waals surface area contributed by atoms with Gasteiger partial charge in [0.15, 0.2) is 0 Å². The summed E-state index contributed by atoms with van der Waals surface area (Å²) in [5.74, 6) is 0.431. The molecule has 0 saturated carbocycles. The number of carbonyl (C=O) groups is 1. The number of aliphatic hydroxyl groups excluding tert-OH is 1. The molecule has 0 aliphatic carbocycles. The predicted molar refractivity (Wildman–Crippen MR) is 121 cm³/mol. The van der Waals surface area contributed by atoms with Crippen LogP contribution in [0, 0.1) is 0 Å². The van der Waals surface area contributed by atoms with Crippen molar-refractivity contribution in [2.45, 2.75) is 13.2 Å². The first-order chi connectivity index (χ1) is 15.0. The first-order valence-electron chi connectivity index (χ1n) is 9.84. The summed E-state index contributed by atoms with van der Waals surface area (Å²) in [7, 11) is 5.52. The van der Waals surface area contributed by atoms with Gasteiger partial charge >= 0.3 is 0 Å². The SMILES string of the molecule is COc1ccc(CNC(=O)c2ccc(N=Nc3ccc(N(C)C)cc3)cc2)cc1CO. The number of benzene rings is 3. The molecule has 7 heteroatoms. The van der Waals surface area contributed by atoms with Gasteiger partial charge in [-0.1, -0.05) is 6.07 Å². The van der Waals surface area contributed by atoms with Crippen molar-refractivity contribution in [2.75, 3.05) is 26.1 Å². The molecule has 0 aliphatic rings. The van der Waals surface area contributed by atoms with Crippen molar-refractivity contribution in [2.24, 2.45) is 10.2 Å². The van der Waals surface area contributed by atoms with Crippen LogP contribution in [0.1, 0.15) is 21.5 Å². The Kier molecular flexibility index (Phi) is 7.35. The van der Waals surface area contributed by atoms with E-state index >= 15 is 0 Å². The minimum absolute atomic E-state index is 0.124. The third-order valence-electron chi connectivity index (χ3n) is 4.74. The van der Waals surface area contributed by atoms with E-state index in [0.717, 1.165) is 16.9 Å². The van der Waals surface area contributed by atoms with E-state index < -0.39 is 0 Å². The molecule has 0 aliphatic heterocycles. The van der Waals surface area contributed by atoms with Gasteiger partial charge in [-0.3, -0.25) is 4.79 Å². The zero-order chi connectivity index (χ0) is 22.2. The van der Waals surface area contributed by atoms with E-state index in [1.54, 1.807) is 37.4 Å². The molecule has 0 saturated heterocycles. The van der Waals surface area contributed by atoms with Gasteiger partial charge in [-0.25, -0.2) is 0 Å². The Morgan fingerprint density at radius 3 is 2.13 bits per heavy atom. The van der Waals surface area contributed by atoms with E-state index in [-0.39, 0.29) is 12.5 Å². The molecule has 0 aromatic heterocycles. The third-order valence-corrected chi connectivity index (χ3v) is 4.74. The second-order valence-electron chi connectivity index (χ2n) is 7.14. The van der Waals surface area contributed by atoms with E-state index in [1.807, 2.05) is 55.4 Å². The maximum atomic E-state index is 12.4. The highest BCUT2D eigenvalue weighted by molar-refractivity contribution is 5.94. The molecule has 3 aromatic carbocycles. The van der Waals surface area contributed by atoms with Crippen molar-refractivity contribution in [3.05, 3.63) is 83.4 Å². The minimum Gasteiger partial charge on any atom is -0.496 e. The van der Waals surface area contributed by atoms with Crippen LogP contribution in [0.2, 0.25) is 0 Å². The van der Waals surface area contributed by atoms with Gasteiger partial charge < -0.3 is 20.1 Å². The normalized spacial score (nSPS) is 10.8. The Morgan fingerprint density at radius 2 is 1.58 bits per heavy atom. The lowest BCUT2D eigenvalue weighted by Gasteiger charge is -2.11. The minimum atomic E-state index is -0.191. The lowest BCUT2D eigenvalue weighted by atomic mass is 10.1. The highest BCUT2D eigenvalue weighted by atomic mass is 16.5. The number of anilines is 1. The van der Waals surface area contributed by atoms with Crippen molar-refractivity contribution >= 4 is 23.0 Å². The molecular formula is C24H26N4O3. The summed E-state index contributed by atoms with van der Waals surface area (Å²) in [6.45, 7) is 0.223. The molecule has 0 radical (unpaired) electrons. The first kappa shape index (κ1) is 22.0. The number of aliphatic hydroxyl groups is 1. The quantitative estimate of drug-likeness (QED) is 0.524. The van der Waals surface area contributed by atoms with Crippen molar-refractivity contribution in [3.8, 4) is 5.75 Å². The van der Waals surface area contributed by atoms with Gasteiger partial charge in [0.2, 0.25) is 0 Å². The standard InChI is InChI=1S/C24H26N4O3/c1-28(2)22-11-9-21(10-12-22)27-26-20-7-5-18(6-8-20)24(30)25-15-17-4-13-23(31-3)19(14-17)16-29/h4-14,29H,15-16H2,1-3H3,(H,25,30). The molecule has 0 bridgehead atoms. The van der Waals surface area contributed by atoms with E-state index in [1.165, 1.54) is 0 Å². The Labute approximate surface area is 182 Å². The summed E-state index contributed by atoms with van der Waals surface area (Å²) in [5.41, 5.74) is 4.61. The molecule has 0 heterocycles. The van der Waals surface area contributed by atoms with E-state index in [2.05, 4.69) is 15.5 Å². The zero-order valence-corrected chi connectivity index (χ0v) is 17.9. The second-order valence-corrected chi connectivity index (χ2v) is 7.14. The Balaban J connectivity index is 1.58. The molecule has 0 unspecified atom stereocenters. The zero-order valence-electron chi connectivity index (χ0n) is 17.9. The van der Waals surface area contributed by atoms with Crippen LogP contribution in [-0.2, 0) is 13.2 Å². The van der Waals surface area contributed by atoms with Crippen LogP contribution in [0.4, 0.5) is 17.1 Å². The van der Waals surface area contributed by atoms with Crippen LogP contribution < -0.4 is 15.0 Å². The Bertz CT molecular complexity index is 1050. The van der Waals surface area contributed by atoms with Gasteiger partial charge in [0.1, 0.15) is 5.75 Å². The molecule has 7 nitrogen and oxygen atoms in total. The number of ether oxygens (including phenoxy) is 1. The Hall–Kier alpha value is -3.71. The van der Waals surface area contributed by atoms with Crippen molar-refractivity contribution < 1.29 is 14.6 Å². The topological polar surface area (TPSA) is 86.5 Å². The van der Waals surface area contributed by atoms with Crippen LogP contribution in [0.25, 0.3) is 0 Å². The van der Waals surface area contributed by atoms with Gasteiger partial charge in [0.05, 0.1) is 25.1 Å². The summed E-state index contributed by atoms with van der Waals surface area (Å²) in [4.78, 5) is 14.4. The first-order valence-corrected chi connectivity index (χ1v) is 9.84. The van der Waals surface area contributed by atoms with Gasteiger partial charge in [-0.2, -0.15) is 10.2 Å². The smallest absolute Gasteiger partial charge is 0.251 e. The molecule has 0 atom stereocenters. The third kappa shape index (κ3) is 5.90. The highest BCUT2D eigenvalue weighted by Crippen LogP contribution is 2.22. The average Bonchev–Trinajstić information content (AvgIpc) is 2.81. The largest absolute Gasteiger partial charge is 0.496 e. The van der Waals surface area contributed by atoms with Crippen LogP contribution in [-0.4, -0.2) is 32.2 Å². The monoisotopic (exact) mass is 418 g/mol. The number of nitrogens with zero attached hydrogens (tertiary/aromatic N) is 3. The number of amides is 1. The maximum Gasteiger partial charge on any atom is 0.251 e. The molecule has 1 amide bonds.